The van der Waals surface area contributed by atoms with Crippen molar-refractivity contribution < 1.29 is 37.0 Å². The molecule has 0 bridgehead atoms. The van der Waals surface area contributed by atoms with Crippen molar-refractivity contribution in [2.75, 3.05) is 19.5 Å². The zero-order valence-electron chi connectivity index (χ0n) is 15.4. The van der Waals surface area contributed by atoms with E-state index >= 15 is 0 Å². The van der Waals surface area contributed by atoms with Gasteiger partial charge in [0.1, 0.15) is 0 Å². The molecule has 2 aromatic rings. The van der Waals surface area contributed by atoms with E-state index in [0.29, 0.717) is 5.56 Å². The summed E-state index contributed by atoms with van der Waals surface area (Å²) in [5.41, 5.74) is -0.174. The van der Waals surface area contributed by atoms with Gasteiger partial charge in [0.15, 0.2) is 0 Å². The first kappa shape index (κ1) is 21.7. The number of carbonyl (C=O) groups is 3. The fourth-order valence-electron chi connectivity index (χ4n) is 2.34. The largest absolute Gasteiger partial charge is 0.465 e. The van der Waals surface area contributed by atoms with E-state index < -0.39 is 29.7 Å². The summed E-state index contributed by atoms with van der Waals surface area (Å²) >= 11 is 0. The fraction of sp³-hybridized carbons (Fsp3) is 0.211. The molecule has 0 aliphatic rings. The summed E-state index contributed by atoms with van der Waals surface area (Å²) in [6, 6.07) is 7.49. The van der Waals surface area contributed by atoms with Gasteiger partial charge in [0, 0.05) is 12.2 Å². The number of alkyl halides is 3. The Labute approximate surface area is 163 Å². The third kappa shape index (κ3) is 5.96. The van der Waals surface area contributed by atoms with Crippen LogP contribution in [0.5, 0.6) is 0 Å². The first-order chi connectivity index (χ1) is 13.6. The lowest BCUT2D eigenvalue weighted by molar-refractivity contribution is -0.137. The molecule has 0 aliphatic carbocycles. The summed E-state index contributed by atoms with van der Waals surface area (Å²) in [6.45, 7) is -0.0372. The average molecular weight is 410 g/mol. The number of hydrogen-bond acceptors (Lipinski definition) is 5. The van der Waals surface area contributed by atoms with Gasteiger partial charge in [-0.25, -0.2) is 14.4 Å². The van der Waals surface area contributed by atoms with Crippen LogP contribution >= 0.6 is 0 Å². The number of halogens is 3. The van der Waals surface area contributed by atoms with Gasteiger partial charge in [0.05, 0.1) is 30.9 Å². The van der Waals surface area contributed by atoms with E-state index in [9.17, 15) is 27.6 Å². The molecule has 2 aromatic carbocycles. The second-order valence-corrected chi connectivity index (χ2v) is 5.78. The monoisotopic (exact) mass is 410 g/mol. The predicted molar refractivity (Wildman–Crippen MR) is 96.4 cm³/mol. The smallest absolute Gasteiger partial charge is 0.416 e. The number of anilines is 1. The first-order valence-electron chi connectivity index (χ1n) is 8.16. The Hall–Kier alpha value is -3.56. The van der Waals surface area contributed by atoms with Gasteiger partial charge in [0.25, 0.3) is 0 Å². The van der Waals surface area contributed by atoms with E-state index in [1.165, 1.54) is 30.3 Å². The maximum Gasteiger partial charge on any atom is 0.416 e. The second kappa shape index (κ2) is 9.09. The van der Waals surface area contributed by atoms with Crippen LogP contribution in [-0.2, 0) is 22.2 Å². The van der Waals surface area contributed by atoms with Crippen molar-refractivity contribution in [1.82, 2.24) is 5.32 Å². The summed E-state index contributed by atoms with van der Waals surface area (Å²) in [7, 11) is 2.33. The van der Waals surface area contributed by atoms with Gasteiger partial charge in [0.2, 0.25) is 0 Å². The maximum atomic E-state index is 12.6. The molecule has 0 radical (unpaired) electrons. The van der Waals surface area contributed by atoms with E-state index in [1.807, 2.05) is 0 Å². The van der Waals surface area contributed by atoms with Gasteiger partial charge in [-0.3, -0.25) is 0 Å². The van der Waals surface area contributed by atoms with E-state index in [4.69, 9.17) is 0 Å². The Morgan fingerprint density at radius 1 is 0.897 bits per heavy atom. The second-order valence-electron chi connectivity index (χ2n) is 5.78. The van der Waals surface area contributed by atoms with Crippen LogP contribution in [0.4, 0.5) is 23.7 Å². The normalized spacial score (nSPS) is 10.8. The first-order valence-corrected chi connectivity index (χ1v) is 8.16. The summed E-state index contributed by atoms with van der Waals surface area (Å²) < 4.78 is 46.9. The van der Waals surface area contributed by atoms with Crippen LogP contribution in [-0.4, -0.2) is 32.2 Å². The lowest BCUT2D eigenvalue weighted by Gasteiger charge is -2.11. The summed E-state index contributed by atoms with van der Waals surface area (Å²) in [4.78, 5) is 35.6. The Kier molecular flexibility index (Phi) is 6.81. The molecule has 0 fully saturated rings. The van der Waals surface area contributed by atoms with Crippen LogP contribution in [0.3, 0.4) is 0 Å². The van der Waals surface area contributed by atoms with Gasteiger partial charge in [-0.05, 0) is 35.9 Å². The highest BCUT2D eigenvalue weighted by Crippen LogP contribution is 2.29. The molecule has 0 heterocycles. The number of methoxy groups -OCH3 is 2. The van der Waals surface area contributed by atoms with Crippen LogP contribution in [0, 0.1) is 0 Å². The van der Waals surface area contributed by atoms with Gasteiger partial charge >= 0.3 is 24.1 Å². The number of urea groups is 1. The van der Waals surface area contributed by atoms with Crippen LogP contribution < -0.4 is 10.6 Å². The van der Waals surface area contributed by atoms with E-state index in [0.717, 1.165) is 26.4 Å². The van der Waals surface area contributed by atoms with Gasteiger partial charge in [-0.2, -0.15) is 13.2 Å². The van der Waals surface area contributed by atoms with Crippen molar-refractivity contribution >= 4 is 23.7 Å². The number of rotatable bonds is 5. The van der Waals surface area contributed by atoms with Crippen LogP contribution in [0.25, 0.3) is 0 Å². The molecular formula is C19H17F3N2O5. The minimum Gasteiger partial charge on any atom is -0.465 e. The summed E-state index contributed by atoms with van der Waals surface area (Å²) in [5.74, 6) is -1.44. The molecule has 2 amide bonds. The third-order valence-electron chi connectivity index (χ3n) is 3.77. The number of esters is 2. The van der Waals surface area contributed by atoms with E-state index in [2.05, 4.69) is 20.1 Å². The SMILES string of the molecule is COC(=O)c1cc(NC(=O)NCc2ccc(C(F)(F)F)cc2)cc(C(=O)OC)c1. The Bertz CT molecular complexity index is 877. The highest BCUT2D eigenvalue weighted by Gasteiger charge is 2.29. The maximum absolute atomic E-state index is 12.6. The quantitative estimate of drug-likeness (QED) is 0.735. The van der Waals surface area contributed by atoms with Crippen molar-refractivity contribution in [3.8, 4) is 0 Å². The zero-order valence-corrected chi connectivity index (χ0v) is 15.4. The number of nitrogens with one attached hydrogen (secondary N) is 2. The zero-order chi connectivity index (χ0) is 21.6. The lowest BCUT2D eigenvalue weighted by atomic mass is 10.1. The Balaban J connectivity index is 2.07. The molecule has 10 heteroatoms. The van der Waals surface area contributed by atoms with E-state index in [1.54, 1.807) is 0 Å². The van der Waals surface area contributed by atoms with Crippen molar-refractivity contribution in [1.29, 1.82) is 0 Å². The van der Waals surface area contributed by atoms with Gasteiger partial charge in [-0.15, -0.1) is 0 Å². The van der Waals surface area contributed by atoms with Gasteiger partial charge < -0.3 is 20.1 Å². The highest BCUT2D eigenvalue weighted by atomic mass is 19.4. The topological polar surface area (TPSA) is 93.7 Å². The molecule has 154 valence electrons. The molecule has 29 heavy (non-hydrogen) atoms. The molecule has 0 aromatic heterocycles. The molecule has 0 spiro atoms. The van der Waals surface area contributed by atoms with E-state index in [-0.39, 0.29) is 23.4 Å². The van der Waals surface area contributed by atoms with Crippen LogP contribution in [0.1, 0.15) is 31.8 Å². The minimum atomic E-state index is -4.44. The molecular weight excluding hydrogens is 393 g/mol. The van der Waals surface area contributed by atoms with Crippen LogP contribution in [0.15, 0.2) is 42.5 Å². The van der Waals surface area contributed by atoms with Crippen molar-refractivity contribution in [2.45, 2.75) is 12.7 Å². The van der Waals surface area contributed by atoms with Crippen molar-refractivity contribution in [2.24, 2.45) is 0 Å². The minimum absolute atomic E-state index is 0.0217. The number of amides is 2. The number of benzene rings is 2. The molecule has 2 rings (SSSR count). The summed E-state index contributed by atoms with van der Waals surface area (Å²) in [6.07, 6.45) is -4.44. The number of carbonyl (C=O) groups excluding carboxylic acids is 3. The van der Waals surface area contributed by atoms with Gasteiger partial charge in [-0.1, -0.05) is 12.1 Å². The number of ether oxygens (including phenoxy) is 2. The standard InChI is InChI=1S/C19H17F3N2O5/c1-28-16(25)12-7-13(17(26)29-2)9-15(8-12)24-18(27)23-10-11-3-5-14(6-4-11)19(20,21)22/h3-9H,10H2,1-2H3,(H2,23,24,27). The Morgan fingerprint density at radius 2 is 1.41 bits per heavy atom. The molecule has 0 aliphatic heterocycles. The molecule has 0 atom stereocenters. The molecule has 0 saturated heterocycles. The lowest BCUT2D eigenvalue weighted by Crippen LogP contribution is -2.28. The van der Waals surface area contributed by atoms with Crippen molar-refractivity contribution in [3.05, 3.63) is 64.7 Å². The molecule has 0 saturated carbocycles. The fourth-order valence-corrected chi connectivity index (χ4v) is 2.34. The molecule has 2 N–H and O–H groups in total. The van der Waals surface area contributed by atoms with Crippen LogP contribution in [0.2, 0.25) is 0 Å². The highest BCUT2D eigenvalue weighted by molar-refractivity contribution is 5.99. The predicted octanol–water partition coefficient (Wildman–Crippen LogP) is 3.60. The number of hydrogen-bond donors (Lipinski definition) is 2. The third-order valence-corrected chi connectivity index (χ3v) is 3.77. The molecule has 0 unspecified atom stereocenters. The molecule has 7 nitrogen and oxygen atoms in total. The average Bonchev–Trinajstić information content (AvgIpc) is 2.70. The Morgan fingerprint density at radius 3 is 1.86 bits per heavy atom. The summed E-state index contributed by atoms with van der Waals surface area (Å²) in [5, 5.41) is 4.91. The van der Waals surface area contributed by atoms with Crippen molar-refractivity contribution in [3.63, 3.8) is 0 Å².